The third-order valence-electron chi connectivity index (χ3n) is 15.9. The van der Waals surface area contributed by atoms with Crippen LogP contribution in [0.3, 0.4) is 0 Å². The molecule has 3 saturated carbocycles. The summed E-state index contributed by atoms with van der Waals surface area (Å²) in [6.07, 6.45) is 11.0. The van der Waals surface area contributed by atoms with Crippen LogP contribution in [0.2, 0.25) is 0 Å². The van der Waals surface area contributed by atoms with Crippen LogP contribution in [0.4, 0.5) is 0 Å². The van der Waals surface area contributed by atoms with Crippen molar-refractivity contribution in [1.29, 1.82) is 0 Å². The second kappa shape index (κ2) is 14.6. The summed E-state index contributed by atoms with van der Waals surface area (Å²) < 4.78 is 26.1. The summed E-state index contributed by atoms with van der Waals surface area (Å²) in [4.78, 5) is 14.4. The molecular formula is C44H69NO5. The van der Waals surface area contributed by atoms with E-state index in [1.165, 1.54) is 12.0 Å². The van der Waals surface area contributed by atoms with Gasteiger partial charge in [-0.05, 0) is 90.4 Å². The highest BCUT2D eigenvalue weighted by Gasteiger charge is 2.71. The zero-order chi connectivity index (χ0) is 36.0. The minimum atomic E-state index is -0.184. The molecule has 6 nitrogen and oxygen atoms in total. The van der Waals surface area contributed by atoms with Crippen LogP contribution in [0, 0.1) is 56.7 Å². The summed E-state index contributed by atoms with van der Waals surface area (Å²) >= 11 is 0. The molecule has 0 radical (unpaired) electrons. The van der Waals surface area contributed by atoms with Crippen LogP contribution in [0.25, 0.3) is 0 Å². The molecule has 2 bridgehead atoms. The second-order valence-electron chi connectivity index (χ2n) is 18.5. The molecule has 1 aliphatic heterocycles. The van der Waals surface area contributed by atoms with Gasteiger partial charge >= 0.3 is 5.97 Å². The number of fused-ring (bicyclic) bond motifs is 3. The highest BCUT2D eigenvalue weighted by Crippen LogP contribution is 2.75. The van der Waals surface area contributed by atoms with Crippen LogP contribution in [-0.4, -0.2) is 58.3 Å². The van der Waals surface area contributed by atoms with Crippen molar-refractivity contribution in [3.63, 3.8) is 0 Å². The van der Waals surface area contributed by atoms with E-state index in [-0.39, 0.29) is 51.2 Å². The number of hydrogen-bond donors (Lipinski definition) is 1. The molecule has 50 heavy (non-hydrogen) atoms. The molecule has 5 aliphatic rings. The highest BCUT2D eigenvalue weighted by molar-refractivity contribution is 5.75. The smallest absolute Gasteiger partial charge is 0.310 e. The number of methoxy groups -OCH3 is 1. The largest absolute Gasteiger partial charge is 0.465 e. The van der Waals surface area contributed by atoms with Crippen LogP contribution in [0.15, 0.2) is 42.0 Å². The summed E-state index contributed by atoms with van der Waals surface area (Å²) in [6, 6.07) is 10.6. The lowest BCUT2D eigenvalue weighted by molar-refractivity contribution is -0.267. The Labute approximate surface area is 304 Å². The first kappa shape index (κ1) is 38.0. The SMILES string of the molecule is CCCCOC(=O)[C@@H]1[C@@](C)([C@H](C)C(C)C)CC[C@]2(C)[C@H]3CC[C@@H]4C5(COC[C@]4(C)[C@@H](OCCNCc4ccccc4)[C@H](OC)C5)C3=CC[C@@]12C. The molecule has 1 saturated heterocycles. The molecule has 1 aromatic carbocycles. The Kier molecular flexibility index (Phi) is 11.1. The minimum Gasteiger partial charge on any atom is -0.465 e. The zero-order valence-corrected chi connectivity index (χ0v) is 32.9. The van der Waals surface area contributed by atoms with Gasteiger partial charge in [0.25, 0.3) is 0 Å². The van der Waals surface area contributed by atoms with E-state index in [1.807, 2.05) is 7.11 Å². The summed E-state index contributed by atoms with van der Waals surface area (Å²) in [5.74, 6) is 1.75. The molecular weight excluding hydrogens is 622 g/mol. The fourth-order valence-electron chi connectivity index (χ4n) is 12.5. The summed E-state index contributed by atoms with van der Waals surface area (Å²) in [7, 11) is 1.88. The van der Waals surface area contributed by atoms with Crippen molar-refractivity contribution in [3.05, 3.63) is 47.5 Å². The monoisotopic (exact) mass is 692 g/mol. The number of ether oxygens (including phenoxy) is 4. The average molecular weight is 692 g/mol. The van der Waals surface area contributed by atoms with Gasteiger partial charge < -0.3 is 24.3 Å². The Hall–Kier alpha value is -1.73. The quantitative estimate of drug-likeness (QED) is 0.127. The summed E-state index contributed by atoms with van der Waals surface area (Å²) in [5, 5.41) is 3.57. The van der Waals surface area contributed by atoms with Crippen LogP contribution in [0.1, 0.15) is 112 Å². The molecule has 4 fully saturated rings. The molecule has 0 spiro atoms. The molecule has 280 valence electrons. The molecule has 0 aromatic heterocycles. The normalized spacial score (nSPS) is 41.4. The van der Waals surface area contributed by atoms with Gasteiger partial charge in [-0.3, -0.25) is 4.79 Å². The van der Waals surface area contributed by atoms with E-state index in [4.69, 9.17) is 18.9 Å². The molecule has 1 aromatic rings. The highest BCUT2D eigenvalue weighted by atomic mass is 16.5. The van der Waals surface area contributed by atoms with Gasteiger partial charge in [0, 0.05) is 31.0 Å². The van der Waals surface area contributed by atoms with Crippen molar-refractivity contribution >= 4 is 5.97 Å². The third kappa shape index (κ3) is 6.04. The van der Waals surface area contributed by atoms with E-state index < -0.39 is 0 Å². The topological polar surface area (TPSA) is 66.0 Å². The number of unbranched alkanes of at least 4 members (excludes halogenated alkanes) is 1. The van der Waals surface area contributed by atoms with Crippen molar-refractivity contribution in [2.45, 2.75) is 126 Å². The maximum absolute atomic E-state index is 14.4. The van der Waals surface area contributed by atoms with Gasteiger partial charge in [0.1, 0.15) is 0 Å². The van der Waals surface area contributed by atoms with E-state index in [9.17, 15) is 4.79 Å². The number of carbonyl (C=O) groups is 1. The van der Waals surface area contributed by atoms with E-state index in [0.717, 1.165) is 64.6 Å². The number of hydrogen-bond acceptors (Lipinski definition) is 6. The van der Waals surface area contributed by atoms with Crippen molar-refractivity contribution in [2.75, 3.05) is 40.1 Å². The number of carbonyl (C=O) groups excluding carboxylic acids is 1. The van der Waals surface area contributed by atoms with Gasteiger partial charge in [-0.2, -0.15) is 0 Å². The predicted octanol–water partition coefficient (Wildman–Crippen LogP) is 9.02. The summed E-state index contributed by atoms with van der Waals surface area (Å²) in [6.45, 7) is 23.4. The maximum Gasteiger partial charge on any atom is 0.310 e. The lowest BCUT2D eigenvalue weighted by Crippen LogP contribution is -2.70. The first-order valence-corrected chi connectivity index (χ1v) is 20.2. The minimum absolute atomic E-state index is 0.00432. The number of nitrogens with one attached hydrogen (secondary N) is 1. The second-order valence-corrected chi connectivity index (χ2v) is 18.5. The Balaban J connectivity index is 1.28. The van der Waals surface area contributed by atoms with Gasteiger partial charge in [0.05, 0.1) is 44.6 Å². The number of rotatable bonds is 13. The third-order valence-corrected chi connectivity index (χ3v) is 15.9. The Morgan fingerprint density at radius 1 is 1.00 bits per heavy atom. The van der Waals surface area contributed by atoms with Gasteiger partial charge in [-0.1, -0.05) is 104 Å². The van der Waals surface area contributed by atoms with E-state index in [0.29, 0.717) is 43.5 Å². The van der Waals surface area contributed by atoms with Crippen molar-refractivity contribution in [1.82, 2.24) is 5.32 Å². The molecule has 6 heteroatoms. The van der Waals surface area contributed by atoms with Crippen molar-refractivity contribution in [3.8, 4) is 0 Å². The van der Waals surface area contributed by atoms with E-state index in [1.54, 1.807) is 5.57 Å². The standard InChI is InChI=1S/C44H69NO5/c1-10-11-24-50-39(46)37-40(5,31(4)30(2)3)21-22-42(7)33-17-18-36-41(6)28-48-29-44(36,34(33)19-20-43(37,42)8)26-35(47-9)38(41)49-25-23-45-27-32-15-13-12-14-16-32/h12-16,19,30-31,33,35-38,45H,10-11,17-18,20-29H2,1-9H3/t31-,33+,35-,36+,37-,38+,40-,41+,42-,43+,44?/m1/s1. The van der Waals surface area contributed by atoms with Crippen LogP contribution in [-0.2, 0) is 30.3 Å². The van der Waals surface area contributed by atoms with Crippen molar-refractivity contribution in [2.24, 2.45) is 56.7 Å². The first-order valence-electron chi connectivity index (χ1n) is 20.2. The van der Waals surface area contributed by atoms with Crippen molar-refractivity contribution < 1.29 is 23.7 Å². The number of allylic oxidation sites excluding steroid dienone is 1. The molecule has 1 N–H and O–H groups in total. The van der Waals surface area contributed by atoms with Crippen LogP contribution < -0.4 is 5.32 Å². The van der Waals surface area contributed by atoms with Crippen LogP contribution >= 0.6 is 0 Å². The Morgan fingerprint density at radius 3 is 2.46 bits per heavy atom. The van der Waals surface area contributed by atoms with E-state index in [2.05, 4.69) is 97.1 Å². The lowest BCUT2D eigenvalue weighted by atomic mass is 9.34. The summed E-state index contributed by atoms with van der Waals surface area (Å²) in [5.41, 5.74) is 2.42. The van der Waals surface area contributed by atoms with Gasteiger partial charge in [0.2, 0.25) is 0 Å². The Morgan fingerprint density at radius 2 is 1.76 bits per heavy atom. The molecule has 4 aliphatic carbocycles. The maximum atomic E-state index is 14.4. The number of benzene rings is 1. The van der Waals surface area contributed by atoms with Gasteiger partial charge in [-0.15, -0.1) is 0 Å². The predicted molar refractivity (Wildman–Crippen MR) is 200 cm³/mol. The average Bonchev–Trinajstić information content (AvgIpc) is 3.09. The van der Waals surface area contributed by atoms with Gasteiger partial charge in [-0.25, -0.2) is 0 Å². The molecule has 1 unspecified atom stereocenters. The first-order chi connectivity index (χ1) is 23.8. The fraction of sp³-hybridized carbons (Fsp3) is 0.795. The molecule has 1 heterocycles. The van der Waals surface area contributed by atoms with E-state index >= 15 is 0 Å². The zero-order valence-electron chi connectivity index (χ0n) is 32.9. The lowest BCUT2D eigenvalue weighted by Gasteiger charge is -2.71. The fourth-order valence-corrected chi connectivity index (χ4v) is 12.5. The van der Waals surface area contributed by atoms with Gasteiger partial charge in [0.15, 0.2) is 0 Å². The molecule has 0 amide bonds. The molecule has 11 atom stereocenters. The number of esters is 1. The Bertz CT molecular complexity index is 1360. The molecule has 6 rings (SSSR count). The van der Waals surface area contributed by atoms with Crippen LogP contribution in [0.5, 0.6) is 0 Å².